The molecule has 262 valence electrons. The number of para-hydroxylation sites is 7. The third kappa shape index (κ3) is 3.92. The number of nitrogens with zero attached hydrogens (tertiary/aromatic N) is 4. The molecular formula is C50H30N4O2. The Morgan fingerprint density at radius 2 is 0.982 bits per heavy atom. The summed E-state index contributed by atoms with van der Waals surface area (Å²) >= 11 is 0. The van der Waals surface area contributed by atoms with Gasteiger partial charge < -0.3 is 13.4 Å². The predicted molar refractivity (Wildman–Crippen MR) is 229 cm³/mol. The molecule has 56 heavy (non-hydrogen) atoms. The molecule has 0 amide bonds. The van der Waals surface area contributed by atoms with Crippen molar-refractivity contribution in [2.45, 2.75) is 6.92 Å². The maximum Gasteiger partial charge on any atom is 0.220 e. The largest absolute Gasteiger partial charge is 0.454 e. The standard InChI is InChI=1S/C50H30N4O2/c1-29-24-36-33-13-3-10-20-46(33)55-48(36)44(25-29)52-39-16-6-2-12-32(39)35-26-30(22-23-40(35)52)31-27-37-34-14-4-11-21-47(34)56-49(37)45(28-31)54-43-19-9-8-18-42(43)53-41-17-7-5-15-38(41)51-50(53)54/h2-28H,1H3. The van der Waals surface area contributed by atoms with Crippen LogP contribution in [0.15, 0.2) is 173 Å². The molecular weight excluding hydrogens is 689 g/mol. The molecule has 0 aliphatic rings. The van der Waals surface area contributed by atoms with Gasteiger partial charge in [0, 0.05) is 32.3 Å². The van der Waals surface area contributed by atoms with E-state index in [1.807, 2.05) is 18.2 Å². The van der Waals surface area contributed by atoms with Crippen LogP contribution in [-0.2, 0) is 0 Å². The third-order valence-electron chi connectivity index (χ3n) is 11.7. The van der Waals surface area contributed by atoms with Crippen LogP contribution in [0.5, 0.6) is 0 Å². The summed E-state index contributed by atoms with van der Waals surface area (Å²) in [7, 11) is 0. The van der Waals surface area contributed by atoms with Gasteiger partial charge in [0.15, 0.2) is 11.2 Å². The van der Waals surface area contributed by atoms with Crippen molar-refractivity contribution in [3.8, 4) is 22.5 Å². The van der Waals surface area contributed by atoms with Gasteiger partial charge in [0.25, 0.3) is 0 Å². The van der Waals surface area contributed by atoms with E-state index in [-0.39, 0.29) is 0 Å². The van der Waals surface area contributed by atoms with E-state index in [9.17, 15) is 0 Å². The van der Waals surface area contributed by atoms with Gasteiger partial charge in [0.1, 0.15) is 11.2 Å². The van der Waals surface area contributed by atoms with Crippen LogP contribution in [0, 0.1) is 6.92 Å². The van der Waals surface area contributed by atoms with Gasteiger partial charge in [-0.05, 0) is 102 Å². The zero-order valence-corrected chi connectivity index (χ0v) is 30.2. The molecule has 0 atom stereocenters. The summed E-state index contributed by atoms with van der Waals surface area (Å²) in [5.41, 5.74) is 15.3. The highest BCUT2D eigenvalue weighted by molar-refractivity contribution is 6.15. The van der Waals surface area contributed by atoms with Crippen LogP contribution in [0.2, 0.25) is 0 Å². The van der Waals surface area contributed by atoms with Gasteiger partial charge in [0.2, 0.25) is 5.78 Å². The molecule has 0 saturated carbocycles. The summed E-state index contributed by atoms with van der Waals surface area (Å²) in [6.07, 6.45) is 0. The number of rotatable bonds is 3. The Hall–Kier alpha value is -7.57. The number of furan rings is 2. The van der Waals surface area contributed by atoms with Crippen LogP contribution in [-0.4, -0.2) is 18.5 Å². The number of hydrogen-bond donors (Lipinski definition) is 0. The Balaban J connectivity index is 1.10. The summed E-state index contributed by atoms with van der Waals surface area (Å²) < 4.78 is 20.3. The lowest BCUT2D eigenvalue weighted by atomic mass is 9.99. The normalized spacial score (nSPS) is 12.4. The first kappa shape index (κ1) is 29.8. The lowest BCUT2D eigenvalue weighted by molar-refractivity contribution is 0.666. The molecule has 0 aliphatic heterocycles. The van der Waals surface area contributed by atoms with Crippen molar-refractivity contribution in [3.05, 3.63) is 169 Å². The minimum Gasteiger partial charge on any atom is -0.454 e. The minimum absolute atomic E-state index is 0.831. The van der Waals surface area contributed by atoms with E-state index < -0.39 is 0 Å². The first-order valence-electron chi connectivity index (χ1n) is 19.0. The van der Waals surface area contributed by atoms with Crippen LogP contribution in [0.4, 0.5) is 0 Å². The second kappa shape index (κ2) is 10.8. The smallest absolute Gasteiger partial charge is 0.220 e. The van der Waals surface area contributed by atoms with Crippen molar-refractivity contribution in [2.75, 3.05) is 0 Å². The summed E-state index contributed by atoms with van der Waals surface area (Å²) in [6.45, 7) is 2.16. The molecule has 13 rings (SSSR count). The molecule has 5 aromatic heterocycles. The molecule has 0 unspecified atom stereocenters. The minimum atomic E-state index is 0.831. The summed E-state index contributed by atoms with van der Waals surface area (Å²) in [4.78, 5) is 5.21. The lowest BCUT2D eigenvalue weighted by Gasteiger charge is -2.12. The van der Waals surface area contributed by atoms with Crippen LogP contribution in [0.25, 0.3) is 116 Å². The van der Waals surface area contributed by atoms with Gasteiger partial charge in [-0.1, -0.05) is 84.9 Å². The summed E-state index contributed by atoms with van der Waals surface area (Å²) in [5, 5.41) is 6.77. The zero-order valence-electron chi connectivity index (χ0n) is 30.2. The van der Waals surface area contributed by atoms with E-state index in [1.165, 1.54) is 16.3 Å². The van der Waals surface area contributed by atoms with Gasteiger partial charge in [-0.3, -0.25) is 8.97 Å². The van der Waals surface area contributed by atoms with E-state index in [2.05, 4.69) is 166 Å². The molecule has 0 fully saturated rings. The average molecular weight is 719 g/mol. The van der Waals surface area contributed by atoms with Crippen LogP contribution in [0.1, 0.15) is 5.56 Å². The Morgan fingerprint density at radius 1 is 0.411 bits per heavy atom. The molecule has 0 bridgehead atoms. The maximum absolute atomic E-state index is 6.75. The second-order valence-electron chi connectivity index (χ2n) is 14.9. The zero-order chi connectivity index (χ0) is 36.6. The molecule has 6 nitrogen and oxygen atoms in total. The van der Waals surface area contributed by atoms with Crippen molar-refractivity contribution in [2.24, 2.45) is 0 Å². The SMILES string of the molecule is Cc1cc(-n2c3ccccc3c3cc(-c4cc(-n5c6ccccc6n6c7ccccc7nc56)c5oc6ccccc6c5c4)ccc32)c2oc3ccccc3c2c1. The summed E-state index contributed by atoms with van der Waals surface area (Å²) in [5.74, 6) is 0.847. The fraction of sp³-hybridized carbons (Fsp3) is 0.0200. The molecule has 0 spiro atoms. The van der Waals surface area contributed by atoms with Crippen LogP contribution < -0.4 is 0 Å². The first-order valence-corrected chi connectivity index (χ1v) is 19.0. The Labute approximate surface area is 318 Å². The molecule has 0 N–H and O–H groups in total. The fourth-order valence-corrected chi connectivity index (χ4v) is 9.26. The lowest BCUT2D eigenvalue weighted by Crippen LogP contribution is -1.97. The number of imidazole rings is 2. The molecule has 0 aliphatic carbocycles. The third-order valence-corrected chi connectivity index (χ3v) is 11.7. The number of aromatic nitrogens is 4. The topological polar surface area (TPSA) is 53.4 Å². The van der Waals surface area contributed by atoms with E-state index >= 15 is 0 Å². The van der Waals surface area contributed by atoms with Gasteiger partial charge >= 0.3 is 0 Å². The monoisotopic (exact) mass is 718 g/mol. The van der Waals surface area contributed by atoms with E-state index in [0.717, 1.165) is 105 Å². The molecule has 5 heterocycles. The van der Waals surface area contributed by atoms with E-state index in [1.54, 1.807) is 0 Å². The highest BCUT2D eigenvalue weighted by Gasteiger charge is 2.23. The van der Waals surface area contributed by atoms with Crippen LogP contribution in [0.3, 0.4) is 0 Å². The van der Waals surface area contributed by atoms with E-state index in [4.69, 9.17) is 13.8 Å². The maximum atomic E-state index is 6.75. The molecule has 0 radical (unpaired) electrons. The molecule has 8 aromatic carbocycles. The first-order chi connectivity index (χ1) is 27.7. The van der Waals surface area contributed by atoms with Gasteiger partial charge in [-0.2, -0.15) is 0 Å². The highest BCUT2D eigenvalue weighted by Crippen LogP contribution is 2.43. The number of hydrogen-bond acceptors (Lipinski definition) is 3. The average Bonchev–Trinajstić information content (AvgIpc) is 4.04. The van der Waals surface area contributed by atoms with Crippen molar-refractivity contribution in [3.63, 3.8) is 0 Å². The summed E-state index contributed by atoms with van der Waals surface area (Å²) in [6, 6.07) is 58.1. The second-order valence-corrected chi connectivity index (χ2v) is 14.9. The van der Waals surface area contributed by atoms with Crippen molar-refractivity contribution >= 4 is 93.5 Å². The predicted octanol–water partition coefficient (Wildman–Crippen LogP) is 13.3. The van der Waals surface area contributed by atoms with Gasteiger partial charge in [-0.15, -0.1) is 0 Å². The fourth-order valence-electron chi connectivity index (χ4n) is 9.26. The molecule has 6 heteroatoms. The van der Waals surface area contributed by atoms with E-state index in [0.29, 0.717) is 0 Å². The van der Waals surface area contributed by atoms with Crippen LogP contribution >= 0.6 is 0 Å². The number of benzene rings is 8. The number of aryl methyl sites for hydroxylation is 1. The quantitative estimate of drug-likeness (QED) is 0.183. The Kier molecular flexibility index (Phi) is 5.74. The highest BCUT2D eigenvalue weighted by atomic mass is 16.3. The Bertz CT molecular complexity index is 3790. The van der Waals surface area contributed by atoms with Gasteiger partial charge in [0.05, 0.1) is 44.5 Å². The van der Waals surface area contributed by atoms with Crippen molar-refractivity contribution < 1.29 is 8.83 Å². The Morgan fingerprint density at radius 3 is 1.75 bits per heavy atom. The van der Waals surface area contributed by atoms with Crippen molar-refractivity contribution in [1.82, 2.24) is 18.5 Å². The van der Waals surface area contributed by atoms with Gasteiger partial charge in [-0.25, -0.2) is 4.98 Å². The molecule has 0 saturated heterocycles. The molecule has 13 aromatic rings. The van der Waals surface area contributed by atoms with Crippen molar-refractivity contribution in [1.29, 1.82) is 0 Å². The number of fused-ring (bicyclic) bond motifs is 14.